The number of amides is 1. The summed E-state index contributed by atoms with van der Waals surface area (Å²) in [5.74, 6) is -0.00874. The predicted molar refractivity (Wildman–Crippen MR) is 81.9 cm³/mol. The summed E-state index contributed by atoms with van der Waals surface area (Å²) in [6, 6.07) is 4.25. The Morgan fingerprint density at radius 2 is 1.95 bits per heavy atom. The monoisotopic (exact) mass is 362 g/mol. The first kappa shape index (κ1) is 17.1. The third-order valence-electron chi connectivity index (χ3n) is 3.02. The van der Waals surface area contributed by atoms with Crippen molar-refractivity contribution >= 4 is 31.9 Å². The zero-order valence-corrected chi connectivity index (χ0v) is 14.1. The van der Waals surface area contributed by atoms with Crippen LogP contribution in [0.4, 0.5) is 0 Å². The van der Waals surface area contributed by atoms with Gasteiger partial charge in [-0.1, -0.05) is 36.7 Å². The van der Waals surface area contributed by atoms with Crippen molar-refractivity contribution in [3.8, 4) is 0 Å². The quantitative estimate of drug-likeness (QED) is 0.841. The molecule has 0 saturated carbocycles. The summed E-state index contributed by atoms with van der Waals surface area (Å²) >= 11 is 3.19. The molecule has 3 N–H and O–H groups in total. The second-order valence-electron chi connectivity index (χ2n) is 4.95. The van der Waals surface area contributed by atoms with E-state index in [1.807, 2.05) is 20.8 Å². The van der Waals surface area contributed by atoms with E-state index >= 15 is 0 Å². The number of hydrogen-bond acceptors (Lipinski definition) is 3. The third kappa shape index (κ3) is 4.57. The van der Waals surface area contributed by atoms with Crippen LogP contribution in [-0.2, 0) is 10.0 Å². The molecule has 0 heterocycles. The van der Waals surface area contributed by atoms with Crippen LogP contribution in [-0.4, -0.2) is 20.4 Å². The Labute approximate surface area is 128 Å². The maximum Gasteiger partial charge on any atom is 0.251 e. The van der Waals surface area contributed by atoms with E-state index in [4.69, 9.17) is 5.14 Å². The van der Waals surface area contributed by atoms with Crippen molar-refractivity contribution in [2.75, 3.05) is 0 Å². The van der Waals surface area contributed by atoms with Crippen molar-refractivity contribution in [2.24, 2.45) is 11.1 Å². The van der Waals surface area contributed by atoms with E-state index in [-0.39, 0.29) is 22.4 Å². The number of benzene rings is 1. The molecule has 0 bridgehead atoms. The second-order valence-corrected chi connectivity index (χ2v) is 7.43. The summed E-state index contributed by atoms with van der Waals surface area (Å²) < 4.78 is 23.2. The van der Waals surface area contributed by atoms with Crippen LogP contribution in [0.3, 0.4) is 0 Å². The molecule has 1 aromatic rings. The van der Waals surface area contributed by atoms with E-state index in [0.29, 0.717) is 10.4 Å². The van der Waals surface area contributed by atoms with Gasteiger partial charge in [-0.05, 0) is 30.5 Å². The highest BCUT2D eigenvalue weighted by Gasteiger charge is 2.18. The SMILES string of the molecule is CCC(NC(=O)c1cc(Br)cc(S(N)(=O)=O)c1)C(C)C. The van der Waals surface area contributed by atoms with Crippen LogP contribution in [0.25, 0.3) is 0 Å². The van der Waals surface area contributed by atoms with Gasteiger partial charge in [0.1, 0.15) is 0 Å². The van der Waals surface area contributed by atoms with E-state index in [2.05, 4.69) is 21.2 Å². The Balaban J connectivity index is 3.08. The molecule has 0 aromatic heterocycles. The second kappa shape index (κ2) is 6.69. The first-order valence-corrected chi connectivity index (χ1v) is 8.63. The summed E-state index contributed by atoms with van der Waals surface area (Å²) in [5.41, 5.74) is 0.266. The largest absolute Gasteiger partial charge is 0.349 e. The van der Waals surface area contributed by atoms with Gasteiger partial charge < -0.3 is 5.32 Å². The maximum absolute atomic E-state index is 12.2. The van der Waals surface area contributed by atoms with Gasteiger partial charge in [-0.2, -0.15) is 0 Å². The van der Waals surface area contributed by atoms with Gasteiger partial charge in [0.25, 0.3) is 5.91 Å². The summed E-state index contributed by atoms with van der Waals surface area (Å²) in [4.78, 5) is 12.1. The molecule has 0 fully saturated rings. The molecule has 20 heavy (non-hydrogen) atoms. The number of nitrogens with one attached hydrogen (secondary N) is 1. The lowest BCUT2D eigenvalue weighted by atomic mass is 10.0. The average Bonchev–Trinajstić information content (AvgIpc) is 2.33. The third-order valence-corrected chi connectivity index (χ3v) is 4.37. The summed E-state index contributed by atoms with van der Waals surface area (Å²) in [7, 11) is -3.84. The molecule has 7 heteroatoms. The number of primary sulfonamides is 1. The van der Waals surface area contributed by atoms with Gasteiger partial charge in [0.2, 0.25) is 10.0 Å². The lowest BCUT2D eigenvalue weighted by Gasteiger charge is -2.20. The van der Waals surface area contributed by atoms with Crippen molar-refractivity contribution < 1.29 is 13.2 Å². The molecule has 1 aromatic carbocycles. The highest BCUT2D eigenvalue weighted by molar-refractivity contribution is 9.10. The zero-order chi connectivity index (χ0) is 15.5. The lowest BCUT2D eigenvalue weighted by molar-refractivity contribution is 0.0924. The van der Waals surface area contributed by atoms with Crippen LogP contribution in [0.2, 0.25) is 0 Å². The Bertz CT molecular complexity index is 600. The van der Waals surface area contributed by atoms with Crippen LogP contribution >= 0.6 is 15.9 Å². The van der Waals surface area contributed by atoms with E-state index < -0.39 is 10.0 Å². The molecule has 5 nitrogen and oxygen atoms in total. The van der Waals surface area contributed by atoms with Crippen molar-refractivity contribution in [3.63, 3.8) is 0 Å². The number of nitrogens with two attached hydrogens (primary N) is 1. The molecule has 0 saturated heterocycles. The van der Waals surface area contributed by atoms with Crippen molar-refractivity contribution in [1.29, 1.82) is 0 Å². The minimum Gasteiger partial charge on any atom is -0.349 e. The van der Waals surface area contributed by atoms with Gasteiger partial charge in [0, 0.05) is 16.1 Å². The van der Waals surface area contributed by atoms with Crippen LogP contribution in [0.1, 0.15) is 37.6 Å². The minimum absolute atomic E-state index is 0.0411. The Morgan fingerprint density at radius 3 is 2.40 bits per heavy atom. The molecule has 1 atom stereocenters. The van der Waals surface area contributed by atoms with Crippen molar-refractivity contribution in [3.05, 3.63) is 28.2 Å². The molecule has 1 amide bonds. The molecule has 0 spiro atoms. The van der Waals surface area contributed by atoms with Gasteiger partial charge in [0.15, 0.2) is 0 Å². The summed E-state index contributed by atoms with van der Waals surface area (Å²) in [6.45, 7) is 6.03. The van der Waals surface area contributed by atoms with E-state index in [0.717, 1.165) is 6.42 Å². The average molecular weight is 363 g/mol. The highest BCUT2D eigenvalue weighted by Crippen LogP contribution is 2.19. The first-order chi connectivity index (χ1) is 9.15. The molecule has 112 valence electrons. The van der Waals surface area contributed by atoms with Crippen LogP contribution in [0.5, 0.6) is 0 Å². The van der Waals surface area contributed by atoms with Crippen molar-refractivity contribution in [1.82, 2.24) is 5.32 Å². The Kier molecular flexibility index (Phi) is 5.73. The summed E-state index contributed by atoms with van der Waals surface area (Å²) in [6.07, 6.45) is 0.805. The smallest absolute Gasteiger partial charge is 0.251 e. The topological polar surface area (TPSA) is 89.3 Å². The van der Waals surface area contributed by atoms with Crippen molar-refractivity contribution in [2.45, 2.75) is 38.1 Å². The lowest BCUT2D eigenvalue weighted by Crippen LogP contribution is -2.38. The number of halogens is 1. The van der Waals surface area contributed by atoms with E-state index in [1.165, 1.54) is 12.1 Å². The van der Waals surface area contributed by atoms with Gasteiger partial charge in [-0.3, -0.25) is 4.79 Å². The highest BCUT2D eigenvalue weighted by atomic mass is 79.9. The van der Waals surface area contributed by atoms with Crippen LogP contribution in [0, 0.1) is 5.92 Å². The van der Waals surface area contributed by atoms with Gasteiger partial charge in [-0.25, -0.2) is 13.6 Å². The number of carbonyl (C=O) groups is 1. The van der Waals surface area contributed by atoms with Gasteiger partial charge in [0.05, 0.1) is 4.90 Å². The molecule has 1 rings (SSSR count). The number of hydrogen-bond donors (Lipinski definition) is 2. The Hall–Kier alpha value is -0.920. The van der Waals surface area contributed by atoms with Crippen LogP contribution < -0.4 is 10.5 Å². The molecular formula is C13H19BrN2O3S. The van der Waals surface area contributed by atoms with E-state index in [1.54, 1.807) is 6.07 Å². The Morgan fingerprint density at radius 1 is 1.35 bits per heavy atom. The molecule has 0 aliphatic carbocycles. The van der Waals surface area contributed by atoms with Crippen LogP contribution in [0.15, 0.2) is 27.6 Å². The molecular weight excluding hydrogens is 344 g/mol. The standard InChI is InChI=1S/C13H19BrN2O3S/c1-4-12(8(2)3)16-13(17)9-5-10(14)7-11(6-9)20(15,18)19/h5-8,12H,4H2,1-3H3,(H,16,17)(H2,15,18,19). The number of sulfonamides is 1. The maximum atomic E-state index is 12.2. The van der Waals surface area contributed by atoms with E-state index in [9.17, 15) is 13.2 Å². The zero-order valence-electron chi connectivity index (χ0n) is 11.7. The predicted octanol–water partition coefficient (Wildman–Crippen LogP) is 2.26. The number of rotatable bonds is 5. The summed E-state index contributed by atoms with van der Waals surface area (Å²) in [5, 5.41) is 7.98. The van der Waals surface area contributed by atoms with Gasteiger partial charge in [-0.15, -0.1) is 0 Å². The fourth-order valence-corrected chi connectivity index (χ4v) is 3.08. The molecule has 0 aliphatic rings. The first-order valence-electron chi connectivity index (χ1n) is 6.29. The minimum atomic E-state index is -3.84. The molecule has 0 aliphatic heterocycles. The molecule has 1 unspecified atom stereocenters. The fourth-order valence-electron chi connectivity index (χ4n) is 1.85. The normalized spacial score (nSPS) is 13.3. The molecule has 0 radical (unpaired) electrons. The fraction of sp³-hybridized carbons (Fsp3) is 0.462. The number of carbonyl (C=O) groups excluding carboxylic acids is 1. The van der Waals surface area contributed by atoms with Gasteiger partial charge >= 0.3 is 0 Å².